The topological polar surface area (TPSA) is 0 Å². The van der Waals surface area contributed by atoms with Gasteiger partial charge in [-0.2, -0.15) is 0 Å². The van der Waals surface area contributed by atoms with E-state index < -0.39 is 8.07 Å². The molecule has 0 N–H and O–H groups in total. The largest absolute Gasteiger partial charge is 0.129 e. The maximum atomic E-state index is 5.88. The van der Waals surface area contributed by atoms with Crippen molar-refractivity contribution < 1.29 is 0 Å². The Morgan fingerprint density at radius 1 is 1.07 bits per heavy atom. The molecule has 0 amide bonds. The predicted molar refractivity (Wildman–Crippen MR) is 66.7 cm³/mol. The van der Waals surface area contributed by atoms with E-state index in [-0.39, 0.29) is 0 Å². The minimum absolute atomic E-state index is 0.564. The van der Waals surface area contributed by atoms with Crippen LogP contribution in [0.25, 0.3) is 0 Å². The lowest BCUT2D eigenvalue weighted by molar-refractivity contribution is 1.64. The second-order valence-electron chi connectivity index (χ2n) is 4.13. The second-order valence-corrected chi connectivity index (χ2v) is 9.69. The summed E-state index contributed by atoms with van der Waals surface area (Å²) in [4.78, 5) is 0. The van der Waals surface area contributed by atoms with E-state index in [1.54, 1.807) is 12.1 Å². The summed E-state index contributed by atoms with van der Waals surface area (Å²) < 4.78 is 0. The van der Waals surface area contributed by atoms with E-state index in [2.05, 4.69) is 31.1 Å². The summed E-state index contributed by atoms with van der Waals surface area (Å²) in [6, 6.07) is 5.47. The first-order chi connectivity index (χ1) is 6.38. The Kier molecular flexibility index (Phi) is 3.66. The van der Waals surface area contributed by atoms with E-state index in [9.17, 15) is 0 Å². The van der Waals surface area contributed by atoms with E-state index in [1.165, 1.54) is 0 Å². The van der Waals surface area contributed by atoms with Crippen LogP contribution in [-0.2, 0) is 0 Å². The summed E-state index contributed by atoms with van der Waals surface area (Å²) in [5.41, 5.74) is 4.20. The Bertz CT molecular complexity index is 394. The highest BCUT2D eigenvalue weighted by Crippen LogP contribution is 2.22. The van der Waals surface area contributed by atoms with Gasteiger partial charge >= 0.3 is 0 Å². The maximum Gasteiger partial charge on any atom is 0.129 e. The van der Waals surface area contributed by atoms with Gasteiger partial charge in [0.2, 0.25) is 0 Å². The predicted octanol–water partition coefficient (Wildman–Crippen LogP) is 4.22. The van der Waals surface area contributed by atoms with Gasteiger partial charge in [0.1, 0.15) is 8.07 Å². The monoisotopic (exact) mass is 242 g/mol. The maximum absolute atomic E-state index is 5.88. The van der Waals surface area contributed by atoms with Gasteiger partial charge in [0, 0.05) is 5.56 Å². The molecule has 0 bridgehead atoms. The van der Waals surface area contributed by atoms with Crippen molar-refractivity contribution in [1.29, 1.82) is 0 Å². The van der Waals surface area contributed by atoms with Crippen LogP contribution in [0.15, 0.2) is 18.2 Å². The molecular weight excluding hydrogens is 231 g/mol. The molecule has 0 aromatic heterocycles. The fourth-order valence-corrected chi connectivity index (χ4v) is 1.65. The number of hydrogen-bond acceptors (Lipinski definition) is 0. The van der Waals surface area contributed by atoms with E-state index in [0.29, 0.717) is 10.0 Å². The highest BCUT2D eigenvalue weighted by Gasteiger charge is 2.07. The SMILES string of the molecule is C[Si](C)(C)C#Cc1ccc(Cl)c(Cl)c1. The smallest absolute Gasteiger partial charge is 0.127 e. The summed E-state index contributed by atoms with van der Waals surface area (Å²) in [7, 11) is -1.31. The average Bonchev–Trinajstić information content (AvgIpc) is 2.06. The molecule has 0 radical (unpaired) electrons. The lowest BCUT2D eigenvalue weighted by Crippen LogP contribution is -2.16. The summed E-state index contributed by atoms with van der Waals surface area (Å²) in [5.74, 6) is 3.12. The Morgan fingerprint density at radius 2 is 1.71 bits per heavy atom. The minimum atomic E-state index is -1.31. The van der Waals surface area contributed by atoms with Crippen LogP contribution in [0.2, 0.25) is 29.7 Å². The molecule has 14 heavy (non-hydrogen) atoms. The molecule has 0 saturated heterocycles. The molecule has 0 atom stereocenters. The molecule has 74 valence electrons. The zero-order valence-corrected chi connectivity index (χ0v) is 11.0. The molecule has 0 heterocycles. The molecule has 1 aromatic rings. The number of rotatable bonds is 0. The van der Waals surface area contributed by atoms with Crippen molar-refractivity contribution in [3.05, 3.63) is 33.8 Å². The second kappa shape index (κ2) is 4.40. The quantitative estimate of drug-likeness (QED) is 0.472. The average molecular weight is 243 g/mol. The first-order valence-electron chi connectivity index (χ1n) is 4.37. The van der Waals surface area contributed by atoms with Crippen molar-refractivity contribution in [3.8, 4) is 11.5 Å². The molecule has 0 spiro atoms. The molecule has 0 aliphatic rings. The van der Waals surface area contributed by atoms with Gasteiger partial charge in [-0.15, -0.1) is 5.54 Å². The Balaban J connectivity index is 2.98. The molecule has 0 aliphatic heterocycles. The van der Waals surface area contributed by atoms with Crippen LogP contribution in [0, 0.1) is 11.5 Å². The first kappa shape index (κ1) is 11.7. The zero-order valence-electron chi connectivity index (χ0n) is 8.49. The fourth-order valence-electron chi connectivity index (χ4n) is 0.834. The van der Waals surface area contributed by atoms with Crippen LogP contribution in [0.5, 0.6) is 0 Å². The third kappa shape index (κ3) is 3.75. The van der Waals surface area contributed by atoms with Gasteiger partial charge in [0.05, 0.1) is 10.0 Å². The lowest BCUT2D eigenvalue weighted by atomic mass is 10.2. The lowest BCUT2D eigenvalue weighted by Gasteiger charge is -2.03. The zero-order chi connectivity index (χ0) is 10.8. The third-order valence-corrected chi connectivity index (χ3v) is 3.12. The molecule has 0 aliphatic carbocycles. The van der Waals surface area contributed by atoms with Gasteiger partial charge in [-0.05, 0) is 18.2 Å². The van der Waals surface area contributed by atoms with Crippen molar-refractivity contribution >= 4 is 31.3 Å². The van der Waals surface area contributed by atoms with E-state index in [4.69, 9.17) is 23.2 Å². The Morgan fingerprint density at radius 3 is 2.21 bits per heavy atom. The van der Waals surface area contributed by atoms with Gasteiger partial charge < -0.3 is 0 Å². The van der Waals surface area contributed by atoms with Crippen LogP contribution in [0.4, 0.5) is 0 Å². The molecule has 3 heteroatoms. The summed E-state index contributed by atoms with van der Waals surface area (Å²) >= 11 is 11.7. The molecule has 1 aromatic carbocycles. The van der Waals surface area contributed by atoms with E-state index in [0.717, 1.165) is 5.56 Å². The van der Waals surface area contributed by atoms with Crippen molar-refractivity contribution in [1.82, 2.24) is 0 Å². The highest BCUT2D eigenvalue weighted by atomic mass is 35.5. The normalized spacial score (nSPS) is 10.6. The number of halogens is 2. The van der Waals surface area contributed by atoms with Crippen molar-refractivity contribution in [3.63, 3.8) is 0 Å². The summed E-state index contributed by atoms with van der Waals surface area (Å²) in [6.07, 6.45) is 0. The minimum Gasteiger partial charge on any atom is -0.127 e. The molecular formula is C11H12Cl2Si. The van der Waals surface area contributed by atoms with Gasteiger partial charge in [0.25, 0.3) is 0 Å². The van der Waals surface area contributed by atoms with Crippen molar-refractivity contribution in [2.45, 2.75) is 19.6 Å². The van der Waals surface area contributed by atoms with Gasteiger partial charge in [0.15, 0.2) is 0 Å². The van der Waals surface area contributed by atoms with Gasteiger partial charge in [-0.1, -0.05) is 48.8 Å². The highest BCUT2D eigenvalue weighted by molar-refractivity contribution is 6.83. The Hall–Kier alpha value is -0.423. The number of benzene rings is 1. The van der Waals surface area contributed by atoms with Crippen LogP contribution >= 0.6 is 23.2 Å². The molecule has 0 unspecified atom stereocenters. The number of hydrogen-bond donors (Lipinski definition) is 0. The van der Waals surface area contributed by atoms with Gasteiger partial charge in [-0.3, -0.25) is 0 Å². The molecule has 0 fully saturated rings. The van der Waals surface area contributed by atoms with Crippen molar-refractivity contribution in [2.24, 2.45) is 0 Å². The Labute approximate surface area is 96.2 Å². The van der Waals surface area contributed by atoms with E-state index >= 15 is 0 Å². The molecule has 0 saturated carbocycles. The van der Waals surface area contributed by atoms with Gasteiger partial charge in [-0.25, -0.2) is 0 Å². The fraction of sp³-hybridized carbons (Fsp3) is 0.273. The summed E-state index contributed by atoms with van der Waals surface area (Å²) in [6.45, 7) is 6.62. The van der Waals surface area contributed by atoms with Crippen LogP contribution in [0.1, 0.15) is 5.56 Å². The van der Waals surface area contributed by atoms with E-state index in [1.807, 2.05) is 6.07 Å². The molecule has 1 rings (SSSR count). The van der Waals surface area contributed by atoms with Crippen molar-refractivity contribution in [2.75, 3.05) is 0 Å². The van der Waals surface area contributed by atoms with Crippen LogP contribution in [-0.4, -0.2) is 8.07 Å². The third-order valence-electron chi connectivity index (χ3n) is 1.50. The first-order valence-corrected chi connectivity index (χ1v) is 8.62. The standard InChI is InChI=1S/C11H12Cl2Si/c1-14(2,3)7-6-9-4-5-10(12)11(13)8-9/h4-5,8H,1-3H3. The molecule has 0 nitrogen and oxygen atoms in total. The van der Waals surface area contributed by atoms with Crippen LogP contribution < -0.4 is 0 Å². The summed E-state index contributed by atoms with van der Waals surface area (Å²) in [5, 5.41) is 1.14. The van der Waals surface area contributed by atoms with Crippen LogP contribution in [0.3, 0.4) is 0 Å².